The van der Waals surface area contributed by atoms with Gasteiger partial charge < -0.3 is 10.1 Å². The van der Waals surface area contributed by atoms with Crippen LogP contribution in [-0.4, -0.2) is 44.4 Å². The number of carbonyl (C=O) groups is 1. The van der Waals surface area contributed by atoms with Crippen molar-refractivity contribution in [2.75, 3.05) is 19.4 Å². The highest BCUT2D eigenvalue weighted by atomic mass is 32.2. The topological polar surface area (TPSA) is 92.7 Å². The minimum atomic E-state index is -3.92. The van der Waals surface area contributed by atoms with Crippen LogP contribution in [0.2, 0.25) is 0 Å². The minimum absolute atomic E-state index is 0.0539. The molecule has 0 aliphatic heterocycles. The first-order valence-corrected chi connectivity index (χ1v) is 6.65. The summed E-state index contributed by atoms with van der Waals surface area (Å²) in [6, 6.07) is -0.452. The Morgan fingerprint density at radius 3 is 2.38 bits per heavy atom. The molecule has 6 nitrogen and oxygen atoms in total. The Kier molecular flexibility index (Phi) is 6.54. The third-order valence-electron chi connectivity index (χ3n) is 2.07. The molecule has 7 heteroatoms. The predicted molar refractivity (Wildman–Crippen MR) is 59.7 cm³/mol. The molecule has 0 heterocycles. The summed E-state index contributed by atoms with van der Waals surface area (Å²) < 4.78 is 34.0. The van der Waals surface area contributed by atoms with Gasteiger partial charge in [-0.15, -0.1) is 0 Å². The highest BCUT2D eigenvalue weighted by Gasteiger charge is 2.21. The zero-order valence-corrected chi connectivity index (χ0v) is 10.6. The molecule has 1 atom stereocenters. The molecule has 0 amide bonds. The van der Waals surface area contributed by atoms with Crippen LogP contribution in [0.3, 0.4) is 0 Å². The van der Waals surface area contributed by atoms with Crippen LogP contribution in [0.15, 0.2) is 0 Å². The van der Waals surface area contributed by atoms with Crippen molar-refractivity contribution >= 4 is 16.1 Å². The second-order valence-corrected chi connectivity index (χ2v) is 5.41. The molecule has 0 spiro atoms. The number of carbonyl (C=O) groups excluding carboxylic acids is 1. The van der Waals surface area contributed by atoms with E-state index < -0.39 is 16.2 Å². The molecule has 0 bridgehead atoms. The van der Waals surface area contributed by atoms with E-state index in [-0.39, 0.29) is 24.1 Å². The number of hydrogen-bond acceptors (Lipinski definition) is 5. The molecule has 0 aliphatic carbocycles. The first-order chi connectivity index (χ1) is 7.28. The van der Waals surface area contributed by atoms with Gasteiger partial charge in [0.1, 0.15) is 6.04 Å². The van der Waals surface area contributed by atoms with Gasteiger partial charge in [0.2, 0.25) is 0 Å². The van der Waals surface area contributed by atoms with Gasteiger partial charge in [0, 0.05) is 0 Å². The molecule has 16 heavy (non-hydrogen) atoms. The van der Waals surface area contributed by atoms with Crippen molar-refractivity contribution in [3.63, 3.8) is 0 Å². The van der Waals surface area contributed by atoms with Crippen LogP contribution in [0, 0.1) is 5.92 Å². The molecule has 2 N–H and O–H groups in total. The molecule has 0 saturated heterocycles. The fourth-order valence-corrected chi connectivity index (χ4v) is 1.74. The fraction of sp³-hybridized carbons (Fsp3) is 0.889. The van der Waals surface area contributed by atoms with Crippen LogP contribution in [0.4, 0.5) is 0 Å². The van der Waals surface area contributed by atoms with Crippen LogP contribution < -0.4 is 5.32 Å². The summed E-state index contributed by atoms with van der Waals surface area (Å²) >= 11 is 0. The smallest absolute Gasteiger partial charge is 0.323 e. The summed E-state index contributed by atoms with van der Waals surface area (Å²) in [7, 11) is -2.62. The maximum atomic E-state index is 11.3. The Balaban J connectivity index is 4.00. The Hall–Kier alpha value is -0.660. The van der Waals surface area contributed by atoms with Crippen molar-refractivity contribution in [3.05, 3.63) is 0 Å². The van der Waals surface area contributed by atoms with Crippen molar-refractivity contribution in [3.8, 4) is 0 Å². The number of esters is 1. The number of nitrogens with one attached hydrogen (secondary N) is 1. The average Bonchev–Trinajstić information content (AvgIpc) is 2.14. The standard InChI is InChI=1S/C9H19NO5S/c1-7(2)8(9(11)15-3)10-5-4-6-16(12,13)14/h7-8,10H,4-6H2,1-3H3,(H,12,13,14)/t8-/m0/s1. The fourth-order valence-electron chi connectivity index (χ4n) is 1.23. The van der Waals surface area contributed by atoms with Crippen molar-refractivity contribution in [2.45, 2.75) is 26.3 Å². The molecule has 0 aromatic heterocycles. The van der Waals surface area contributed by atoms with E-state index >= 15 is 0 Å². The van der Waals surface area contributed by atoms with Gasteiger partial charge in [0.25, 0.3) is 10.1 Å². The van der Waals surface area contributed by atoms with E-state index in [1.165, 1.54) is 7.11 Å². The number of methoxy groups -OCH3 is 1. The highest BCUT2D eigenvalue weighted by molar-refractivity contribution is 7.85. The summed E-state index contributed by atoms with van der Waals surface area (Å²) in [4.78, 5) is 11.3. The molecule has 96 valence electrons. The van der Waals surface area contributed by atoms with E-state index in [2.05, 4.69) is 10.1 Å². The number of hydrogen-bond donors (Lipinski definition) is 2. The van der Waals surface area contributed by atoms with Gasteiger partial charge in [-0.1, -0.05) is 13.8 Å². The van der Waals surface area contributed by atoms with Crippen molar-refractivity contribution in [2.24, 2.45) is 5.92 Å². The van der Waals surface area contributed by atoms with Gasteiger partial charge in [-0.3, -0.25) is 9.35 Å². The third kappa shape index (κ3) is 6.76. The summed E-state index contributed by atoms with van der Waals surface area (Å²) in [5.74, 6) is -0.633. The first-order valence-electron chi connectivity index (χ1n) is 5.04. The molecule has 0 aromatic carbocycles. The van der Waals surface area contributed by atoms with E-state index in [1.807, 2.05) is 13.8 Å². The zero-order valence-electron chi connectivity index (χ0n) is 9.76. The van der Waals surface area contributed by atoms with Crippen LogP contribution in [0.25, 0.3) is 0 Å². The first kappa shape index (κ1) is 15.3. The number of ether oxygens (including phenoxy) is 1. The van der Waals surface area contributed by atoms with Gasteiger partial charge in [-0.25, -0.2) is 0 Å². The second-order valence-electron chi connectivity index (χ2n) is 3.84. The van der Waals surface area contributed by atoms with Crippen molar-refractivity contribution in [1.82, 2.24) is 5.32 Å². The van der Waals surface area contributed by atoms with Gasteiger partial charge >= 0.3 is 5.97 Å². The van der Waals surface area contributed by atoms with E-state index in [4.69, 9.17) is 4.55 Å². The Labute approximate surface area is 96.1 Å². The Morgan fingerprint density at radius 1 is 1.44 bits per heavy atom. The lowest BCUT2D eigenvalue weighted by Gasteiger charge is -2.19. The van der Waals surface area contributed by atoms with Gasteiger partial charge in [0.05, 0.1) is 12.9 Å². The number of rotatable bonds is 7. The minimum Gasteiger partial charge on any atom is -0.468 e. The third-order valence-corrected chi connectivity index (χ3v) is 2.87. The lowest BCUT2D eigenvalue weighted by atomic mass is 10.0. The quantitative estimate of drug-likeness (QED) is 0.378. The molecule has 0 rings (SSSR count). The van der Waals surface area contributed by atoms with Gasteiger partial charge in [-0.05, 0) is 18.9 Å². The van der Waals surface area contributed by atoms with E-state index in [0.29, 0.717) is 6.54 Å². The summed E-state index contributed by atoms with van der Waals surface area (Å²) in [6.45, 7) is 4.05. The molecule has 0 fully saturated rings. The lowest BCUT2D eigenvalue weighted by molar-refractivity contribution is -0.144. The van der Waals surface area contributed by atoms with E-state index in [9.17, 15) is 13.2 Å². The monoisotopic (exact) mass is 253 g/mol. The second kappa shape index (κ2) is 6.82. The molecule has 0 saturated carbocycles. The summed E-state index contributed by atoms with van der Waals surface area (Å²) in [5.41, 5.74) is 0. The maximum absolute atomic E-state index is 11.3. The van der Waals surface area contributed by atoms with Crippen LogP contribution in [0.1, 0.15) is 20.3 Å². The lowest BCUT2D eigenvalue weighted by Crippen LogP contribution is -2.42. The molecule has 0 aromatic rings. The molecular weight excluding hydrogens is 234 g/mol. The van der Waals surface area contributed by atoms with Gasteiger partial charge in [-0.2, -0.15) is 8.42 Å². The summed E-state index contributed by atoms with van der Waals surface area (Å²) in [6.07, 6.45) is 0.249. The van der Waals surface area contributed by atoms with Crippen molar-refractivity contribution < 1.29 is 22.5 Å². The van der Waals surface area contributed by atoms with Crippen LogP contribution >= 0.6 is 0 Å². The van der Waals surface area contributed by atoms with Crippen LogP contribution in [-0.2, 0) is 19.6 Å². The Bertz CT molecular complexity index is 312. The zero-order chi connectivity index (χ0) is 12.8. The largest absolute Gasteiger partial charge is 0.468 e. The van der Waals surface area contributed by atoms with Gasteiger partial charge in [0.15, 0.2) is 0 Å². The Morgan fingerprint density at radius 2 is 2.00 bits per heavy atom. The van der Waals surface area contributed by atoms with E-state index in [0.717, 1.165) is 0 Å². The van der Waals surface area contributed by atoms with Crippen molar-refractivity contribution in [1.29, 1.82) is 0 Å². The normalized spacial score (nSPS) is 13.8. The molecular formula is C9H19NO5S. The SMILES string of the molecule is COC(=O)[C@@H](NCCCS(=O)(=O)O)C(C)C. The van der Waals surface area contributed by atoms with Crippen LogP contribution in [0.5, 0.6) is 0 Å². The van der Waals surface area contributed by atoms with E-state index in [1.54, 1.807) is 0 Å². The molecule has 0 unspecified atom stereocenters. The highest BCUT2D eigenvalue weighted by Crippen LogP contribution is 2.03. The maximum Gasteiger partial charge on any atom is 0.323 e. The molecule has 0 radical (unpaired) electrons. The average molecular weight is 253 g/mol. The summed E-state index contributed by atoms with van der Waals surface area (Å²) in [5, 5.41) is 2.89. The predicted octanol–water partition coefficient (Wildman–Crippen LogP) is 0.0515. The molecule has 0 aliphatic rings.